The van der Waals surface area contributed by atoms with Gasteiger partial charge in [0.05, 0.1) is 18.4 Å². The number of ether oxygens (including phenoxy) is 1. The summed E-state index contributed by atoms with van der Waals surface area (Å²) in [6.45, 7) is 0. The standard InChI is InChI=1S/C25H19ClN2O3/c1-30-18-10-7-15(8-11-18)22-14-21(28-31-22)24-23(16-5-3-2-4-6-16)19-13-17(26)9-12-20(19)27-25(24)29/h2-13,22H,14H2,1H3,(H,27,29)/t22-/m0/s1. The molecule has 5 rings (SSSR count). The van der Waals surface area contributed by atoms with Crippen LogP contribution in [0.25, 0.3) is 22.0 Å². The molecule has 5 nitrogen and oxygen atoms in total. The third-order valence-corrected chi connectivity index (χ3v) is 5.72. The van der Waals surface area contributed by atoms with Crippen molar-refractivity contribution in [3.8, 4) is 16.9 Å². The molecule has 1 atom stereocenters. The average molecular weight is 431 g/mol. The average Bonchev–Trinajstić information content (AvgIpc) is 3.29. The number of nitrogens with zero attached hydrogens (tertiary/aromatic N) is 1. The fourth-order valence-corrected chi connectivity index (χ4v) is 4.14. The van der Waals surface area contributed by atoms with Crippen molar-refractivity contribution in [3.63, 3.8) is 0 Å². The maximum absolute atomic E-state index is 13.2. The molecular formula is C25H19ClN2O3. The minimum Gasteiger partial charge on any atom is -0.497 e. The molecule has 0 saturated carbocycles. The van der Waals surface area contributed by atoms with Gasteiger partial charge in [-0.3, -0.25) is 4.79 Å². The molecule has 6 heteroatoms. The summed E-state index contributed by atoms with van der Waals surface area (Å²) in [7, 11) is 1.63. The number of methoxy groups -OCH3 is 1. The molecule has 4 aromatic rings. The predicted octanol–water partition coefficient (Wildman–Crippen LogP) is 5.72. The fourth-order valence-electron chi connectivity index (χ4n) is 3.97. The van der Waals surface area contributed by atoms with E-state index < -0.39 is 0 Å². The van der Waals surface area contributed by atoms with E-state index >= 15 is 0 Å². The number of pyridine rings is 1. The van der Waals surface area contributed by atoms with Gasteiger partial charge in [0.15, 0.2) is 6.10 Å². The first-order valence-corrected chi connectivity index (χ1v) is 10.3. The third kappa shape index (κ3) is 3.57. The van der Waals surface area contributed by atoms with Gasteiger partial charge in [0.25, 0.3) is 5.56 Å². The summed E-state index contributed by atoms with van der Waals surface area (Å²) in [5.74, 6) is 0.775. The number of aromatic nitrogens is 1. The van der Waals surface area contributed by atoms with Gasteiger partial charge in [0.1, 0.15) is 5.75 Å². The zero-order chi connectivity index (χ0) is 21.4. The first kappa shape index (κ1) is 19.4. The molecule has 0 bridgehead atoms. The maximum Gasteiger partial charge on any atom is 0.258 e. The number of fused-ring (bicyclic) bond motifs is 1. The highest BCUT2D eigenvalue weighted by Gasteiger charge is 2.28. The summed E-state index contributed by atoms with van der Waals surface area (Å²) >= 11 is 6.30. The van der Waals surface area contributed by atoms with Crippen LogP contribution in [0.5, 0.6) is 5.75 Å². The first-order chi connectivity index (χ1) is 15.1. The number of hydrogen-bond acceptors (Lipinski definition) is 4. The minimum atomic E-state index is -0.265. The van der Waals surface area contributed by atoms with Crippen LogP contribution in [0.3, 0.4) is 0 Å². The van der Waals surface area contributed by atoms with Gasteiger partial charge in [-0.25, -0.2) is 0 Å². The van der Waals surface area contributed by atoms with Crippen molar-refractivity contribution in [1.82, 2.24) is 4.98 Å². The molecule has 154 valence electrons. The Hall–Kier alpha value is -3.57. The van der Waals surface area contributed by atoms with E-state index in [0.717, 1.165) is 33.3 Å². The van der Waals surface area contributed by atoms with E-state index in [1.165, 1.54) is 0 Å². The lowest BCUT2D eigenvalue weighted by Gasteiger charge is -2.13. The second-order valence-electron chi connectivity index (χ2n) is 7.37. The Balaban J connectivity index is 1.63. The van der Waals surface area contributed by atoms with Gasteiger partial charge in [-0.1, -0.05) is 59.2 Å². The van der Waals surface area contributed by atoms with Crippen LogP contribution in [0, 0.1) is 0 Å². The Morgan fingerprint density at radius 3 is 2.55 bits per heavy atom. The van der Waals surface area contributed by atoms with Crippen molar-refractivity contribution >= 4 is 28.2 Å². The normalized spacial score (nSPS) is 15.5. The number of hydrogen-bond donors (Lipinski definition) is 1. The number of nitrogens with one attached hydrogen (secondary N) is 1. The van der Waals surface area contributed by atoms with E-state index in [4.69, 9.17) is 21.2 Å². The lowest BCUT2D eigenvalue weighted by Crippen LogP contribution is -2.20. The zero-order valence-corrected chi connectivity index (χ0v) is 17.5. The molecule has 1 aromatic heterocycles. The summed E-state index contributed by atoms with van der Waals surface area (Å²) in [6, 6.07) is 22.9. The first-order valence-electron chi connectivity index (χ1n) is 9.92. The van der Waals surface area contributed by atoms with Crippen LogP contribution < -0.4 is 10.3 Å². The summed E-state index contributed by atoms with van der Waals surface area (Å²) in [5, 5.41) is 5.78. The third-order valence-electron chi connectivity index (χ3n) is 5.48. The number of halogens is 1. The van der Waals surface area contributed by atoms with Crippen LogP contribution >= 0.6 is 11.6 Å². The van der Waals surface area contributed by atoms with Gasteiger partial charge in [0, 0.05) is 27.9 Å². The van der Waals surface area contributed by atoms with Crippen LogP contribution in [0.2, 0.25) is 5.02 Å². The molecule has 1 aliphatic rings. The Morgan fingerprint density at radius 2 is 1.81 bits per heavy atom. The minimum absolute atomic E-state index is 0.202. The highest BCUT2D eigenvalue weighted by molar-refractivity contribution is 6.31. The summed E-state index contributed by atoms with van der Waals surface area (Å²) < 4.78 is 5.23. The van der Waals surface area contributed by atoms with Crippen molar-refractivity contribution in [2.75, 3.05) is 7.11 Å². The van der Waals surface area contributed by atoms with Crippen LogP contribution in [0.4, 0.5) is 0 Å². The van der Waals surface area contributed by atoms with Gasteiger partial charge in [-0.05, 0) is 41.5 Å². The Bertz CT molecular complexity index is 1350. The fraction of sp³-hybridized carbons (Fsp3) is 0.120. The number of rotatable bonds is 4. The molecule has 0 unspecified atom stereocenters. The maximum atomic E-state index is 13.2. The van der Waals surface area contributed by atoms with Gasteiger partial charge in [0.2, 0.25) is 0 Å². The molecule has 2 heterocycles. The largest absolute Gasteiger partial charge is 0.497 e. The molecule has 1 N–H and O–H groups in total. The smallest absolute Gasteiger partial charge is 0.258 e. The SMILES string of the molecule is COc1ccc([C@@H]2CC(c3c(-c4ccccc4)c4cc(Cl)ccc4[nH]c3=O)=NO2)cc1. The highest BCUT2D eigenvalue weighted by Crippen LogP contribution is 2.36. The number of oxime groups is 1. The second kappa shape index (κ2) is 7.93. The predicted molar refractivity (Wildman–Crippen MR) is 123 cm³/mol. The summed E-state index contributed by atoms with van der Waals surface area (Å²) in [6.07, 6.45) is 0.223. The lowest BCUT2D eigenvalue weighted by molar-refractivity contribution is 0.0857. The van der Waals surface area contributed by atoms with E-state index in [9.17, 15) is 4.79 Å². The molecule has 0 spiro atoms. The van der Waals surface area contributed by atoms with Crippen molar-refractivity contribution in [3.05, 3.63) is 99.3 Å². The van der Waals surface area contributed by atoms with Gasteiger partial charge < -0.3 is 14.6 Å². The van der Waals surface area contributed by atoms with E-state index in [-0.39, 0.29) is 11.7 Å². The van der Waals surface area contributed by atoms with E-state index in [1.807, 2.05) is 66.7 Å². The van der Waals surface area contributed by atoms with Gasteiger partial charge >= 0.3 is 0 Å². The lowest BCUT2D eigenvalue weighted by atomic mass is 9.91. The Morgan fingerprint density at radius 1 is 1.03 bits per heavy atom. The molecule has 0 saturated heterocycles. The Kier molecular flexibility index (Phi) is 4.96. The van der Waals surface area contributed by atoms with Crippen molar-refractivity contribution in [2.45, 2.75) is 12.5 Å². The molecule has 3 aromatic carbocycles. The summed E-state index contributed by atoms with van der Waals surface area (Å²) in [4.78, 5) is 21.9. The van der Waals surface area contributed by atoms with Gasteiger partial charge in [-0.15, -0.1) is 0 Å². The zero-order valence-electron chi connectivity index (χ0n) is 16.8. The molecule has 0 amide bonds. The van der Waals surface area contributed by atoms with Gasteiger partial charge in [-0.2, -0.15) is 0 Å². The molecule has 31 heavy (non-hydrogen) atoms. The molecule has 0 aliphatic carbocycles. The number of benzene rings is 3. The monoisotopic (exact) mass is 430 g/mol. The number of H-pyrrole nitrogens is 1. The molecular weight excluding hydrogens is 412 g/mol. The van der Waals surface area contributed by atoms with Crippen LogP contribution in [0.1, 0.15) is 23.7 Å². The highest BCUT2D eigenvalue weighted by atomic mass is 35.5. The van der Waals surface area contributed by atoms with Crippen LogP contribution in [-0.4, -0.2) is 17.8 Å². The molecule has 0 fully saturated rings. The van der Waals surface area contributed by atoms with E-state index in [0.29, 0.717) is 22.7 Å². The molecule has 0 radical (unpaired) electrons. The quantitative estimate of drug-likeness (QED) is 0.450. The second-order valence-corrected chi connectivity index (χ2v) is 7.81. The van der Waals surface area contributed by atoms with E-state index in [2.05, 4.69) is 10.1 Å². The topological polar surface area (TPSA) is 63.7 Å². The van der Waals surface area contributed by atoms with Crippen molar-refractivity contribution in [2.24, 2.45) is 5.16 Å². The Labute approximate surface area is 183 Å². The van der Waals surface area contributed by atoms with Crippen molar-refractivity contribution < 1.29 is 9.57 Å². The number of aromatic amines is 1. The molecule has 1 aliphatic heterocycles. The van der Waals surface area contributed by atoms with Crippen LogP contribution in [-0.2, 0) is 4.84 Å². The van der Waals surface area contributed by atoms with Crippen molar-refractivity contribution in [1.29, 1.82) is 0 Å². The summed E-state index contributed by atoms with van der Waals surface area (Å²) in [5.41, 5.74) is 4.35. The van der Waals surface area contributed by atoms with Crippen LogP contribution in [0.15, 0.2) is 82.7 Å². The van der Waals surface area contributed by atoms with E-state index in [1.54, 1.807) is 13.2 Å².